The molecule has 0 amide bonds. The van der Waals surface area contributed by atoms with Crippen molar-refractivity contribution in [2.24, 2.45) is 4.74 Å². The Morgan fingerprint density at radius 2 is 1.02 bits per heavy atom. The minimum absolute atomic E-state index is 0. The van der Waals surface area contributed by atoms with Crippen LogP contribution in [0.25, 0.3) is 11.1 Å². The topological polar surface area (TPSA) is 12.4 Å². The van der Waals surface area contributed by atoms with Crippen molar-refractivity contribution in [3.63, 3.8) is 0 Å². The van der Waals surface area contributed by atoms with Gasteiger partial charge >= 0.3 is 0 Å². The molecule has 0 unspecified atom stereocenters. The van der Waals surface area contributed by atoms with E-state index in [1.54, 1.807) is 0 Å². The normalized spacial score (nSPS) is 12.1. The van der Waals surface area contributed by atoms with Gasteiger partial charge in [0.2, 0.25) is 0 Å². The van der Waals surface area contributed by atoms with E-state index in [2.05, 4.69) is 76.4 Å². The van der Waals surface area contributed by atoms with E-state index in [0.29, 0.717) is 0 Å². The molecular formula is C39H58NPTi. The van der Waals surface area contributed by atoms with Gasteiger partial charge in [-0.05, 0) is 73.2 Å². The van der Waals surface area contributed by atoms with Crippen LogP contribution >= 0.6 is 7.05 Å². The van der Waals surface area contributed by atoms with Crippen molar-refractivity contribution in [3.8, 4) is 0 Å². The van der Waals surface area contributed by atoms with Crippen molar-refractivity contribution in [3.05, 3.63) is 109 Å². The Hall–Kier alpha value is -1.66. The van der Waals surface area contributed by atoms with Gasteiger partial charge in [-0.3, -0.25) is 4.74 Å². The van der Waals surface area contributed by atoms with Crippen LogP contribution in [0.1, 0.15) is 115 Å². The van der Waals surface area contributed by atoms with Crippen LogP contribution in [-0.2, 0) is 21.7 Å². The van der Waals surface area contributed by atoms with Gasteiger partial charge in [0.1, 0.15) is 0 Å². The number of rotatable bonds is 19. The molecule has 1 aliphatic carbocycles. The summed E-state index contributed by atoms with van der Waals surface area (Å²) in [7, 11) is -1.15. The standard InChI is InChI=1S/C23H44NP.C16H14.Ti/c1-4-7-10-15-20-25(21-16-11-8-5-2,22-17-12-9-6-3)24-23-18-13-14-19-23;1-13(15-9-5-3-6-10-15)14(2)16-11-7-4-8-12-16;/h13-14,18H,4-12,15-17,19-22H2,1-3H3;3-12H,1-2H2;. The number of hydrogen-bond acceptors (Lipinski definition) is 1. The fourth-order valence-electron chi connectivity index (χ4n) is 5.39. The maximum Gasteiger partial charge on any atom is 0.0425 e. The summed E-state index contributed by atoms with van der Waals surface area (Å²) in [5.41, 5.74) is 5.58. The Labute approximate surface area is 275 Å². The van der Waals surface area contributed by atoms with Crippen molar-refractivity contribution in [2.75, 3.05) is 18.5 Å². The zero-order chi connectivity index (χ0) is 29.6. The molecule has 0 aromatic heterocycles. The van der Waals surface area contributed by atoms with E-state index < -0.39 is 7.05 Å². The molecule has 2 aromatic rings. The fraction of sp³-hybridized carbons (Fsp3) is 0.487. The van der Waals surface area contributed by atoms with Crippen LogP contribution in [0.5, 0.6) is 0 Å². The SMILES string of the molecule is C=C(C(=C)c1ccccc1)c1ccccc1.CCCCCCP(CCCCCC)(CCCCCC)=NC1=CC=CC1.[Ti]. The second-order valence-corrected chi connectivity index (χ2v) is 15.3. The summed E-state index contributed by atoms with van der Waals surface area (Å²) in [6.07, 6.45) is 28.8. The Bertz CT molecular complexity index is 1030. The van der Waals surface area contributed by atoms with Crippen LogP contribution in [0, 0.1) is 0 Å². The number of unbranched alkanes of at least 4 members (excludes halogenated alkanes) is 9. The van der Waals surface area contributed by atoms with E-state index in [4.69, 9.17) is 4.74 Å². The molecular weight excluding hydrogens is 561 g/mol. The summed E-state index contributed by atoms with van der Waals surface area (Å²) in [6, 6.07) is 20.3. The maximum absolute atomic E-state index is 5.51. The third-order valence-corrected chi connectivity index (χ3v) is 12.1. The molecule has 2 aromatic carbocycles. The quantitative estimate of drug-likeness (QED) is 0.0642. The Morgan fingerprint density at radius 3 is 1.36 bits per heavy atom. The van der Waals surface area contributed by atoms with Gasteiger partial charge in [-0.15, -0.1) is 0 Å². The molecule has 3 rings (SSSR count). The minimum atomic E-state index is -1.15. The van der Waals surface area contributed by atoms with Gasteiger partial charge in [-0.2, -0.15) is 0 Å². The number of allylic oxidation sites excluding steroid dienone is 5. The zero-order valence-electron chi connectivity index (χ0n) is 27.1. The Morgan fingerprint density at radius 1 is 0.619 bits per heavy atom. The third kappa shape index (κ3) is 15.2. The van der Waals surface area contributed by atoms with Crippen molar-refractivity contribution in [2.45, 2.75) is 104 Å². The summed E-state index contributed by atoms with van der Waals surface area (Å²) in [6.45, 7) is 15.2. The Kier molecular flexibility index (Phi) is 21.7. The van der Waals surface area contributed by atoms with E-state index in [0.717, 1.165) is 28.7 Å². The second kappa shape index (κ2) is 23.8. The minimum Gasteiger partial charge on any atom is -0.272 e. The van der Waals surface area contributed by atoms with Crippen LogP contribution in [-0.4, -0.2) is 18.5 Å². The molecule has 0 N–H and O–H groups in total. The first kappa shape index (κ1) is 38.4. The van der Waals surface area contributed by atoms with Crippen molar-refractivity contribution >= 4 is 18.2 Å². The van der Waals surface area contributed by atoms with Gasteiger partial charge in [-0.25, -0.2) is 0 Å². The van der Waals surface area contributed by atoms with Crippen LogP contribution in [0.4, 0.5) is 0 Å². The summed E-state index contributed by atoms with van der Waals surface area (Å²) >= 11 is 0. The van der Waals surface area contributed by atoms with Gasteiger partial charge in [-0.1, -0.05) is 165 Å². The predicted octanol–water partition coefficient (Wildman–Crippen LogP) is 13.2. The molecule has 0 aliphatic heterocycles. The number of benzene rings is 2. The van der Waals surface area contributed by atoms with Crippen LogP contribution in [0.3, 0.4) is 0 Å². The monoisotopic (exact) mass is 619 g/mol. The van der Waals surface area contributed by atoms with Crippen molar-refractivity contribution < 1.29 is 21.7 Å². The van der Waals surface area contributed by atoms with E-state index in [1.165, 1.54) is 101 Å². The molecule has 0 fully saturated rings. The molecule has 0 radical (unpaired) electrons. The van der Waals surface area contributed by atoms with Crippen LogP contribution in [0.15, 0.2) is 102 Å². The number of nitrogens with zero attached hydrogens (tertiary/aromatic N) is 1. The zero-order valence-corrected chi connectivity index (χ0v) is 29.6. The van der Waals surface area contributed by atoms with Crippen LogP contribution < -0.4 is 0 Å². The van der Waals surface area contributed by atoms with Gasteiger partial charge in [0.15, 0.2) is 0 Å². The van der Waals surface area contributed by atoms with E-state index >= 15 is 0 Å². The molecule has 1 nitrogen and oxygen atoms in total. The van der Waals surface area contributed by atoms with E-state index in [1.807, 2.05) is 36.4 Å². The molecule has 42 heavy (non-hydrogen) atoms. The average molecular weight is 620 g/mol. The van der Waals surface area contributed by atoms with Crippen molar-refractivity contribution in [1.29, 1.82) is 0 Å². The molecule has 0 saturated heterocycles. The molecule has 1 aliphatic rings. The van der Waals surface area contributed by atoms with E-state index in [-0.39, 0.29) is 21.7 Å². The largest absolute Gasteiger partial charge is 0.272 e. The molecule has 0 bridgehead atoms. The Balaban J connectivity index is 0.000000446. The summed E-state index contributed by atoms with van der Waals surface area (Å²) in [5, 5.41) is 0. The first-order valence-corrected chi connectivity index (χ1v) is 18.8. The molecule has 0 spiro atoms. The molecule has 0 heterocycles. The number of hydrogen-bond donors (Lipinski definition) is 0. The van der Waals surface area contributed by atoms with Crippen LogP contribution in [0.2, 0.25) is 0 Å². The molecule has 0 saturated carbocycles. The fourth-order valence-corrected chi connectivity index (χ4v) is 9.49. The third-order valence-electron chi connectivity index (χ3n) is 7.98. The second-order valence-electron chi connectivity index (χ2n) is 11.5. The average Bonchev–Trinajstić information content (AvgIpc) is 3.53. The maximum atomic E-state index is 5.51. The first-order valence-electron chi connectivity index (χ1n) is 16.5. The molecule has 3 heteroatoms. The van der Waals surface area contributed by atoms with Gasteiger partial charge in [0.25, 0.3) is 0 Å². The summed E-state index contributed by atoms with van der Waals surface area (Å²) < 4.78 is 5.51. The van der Waals surface area contributed by atoms with Gasteiger partial charge < -0.3 is 0 Å². The van der Waals surface area contributed by atoms with Gasteiger partial charge in [0, 0.05) is 33.8 Å². The van der Waals surface area contributed by atoms with Crippen molar-refractivity contribution in [1.82, 2.24) is 0 Å². The van der Waals surface area contributed by atoms with E-state index in [9.17, 15) is 0 Å². The molecule has 0 atom stereocenters. The summed E-state index contributed by atoms with van der Waals surface area (Å²) in [4.78, 5) is 0. The molecule has 228 valence electrons. The van der Waals surface area contributed by atoms with Gasteiger partial charge in [0.05, 0.1) is 0 Å². The predicted molar refractivity (Wildman–Crippen MR) is 189 cm³/mol. The smallest absolute Gasteiger partial charge is 0.0425 e. The first-order chi connectivity index (χ1) is 20.0. The summed E-state index contributed by atoms with van der Waals surface area (Å²) in [5.74, 6) is 0.